The maximum Gasteiger partial charge on any atom is 0.257 e. The van der Waals surface area contributed by atoms with Crippen molar-refractivity contribution in [2.75, 3.05) is 26.2 Å². The van der Waals surface area contributed by atoms with Crippen molar-refractivity contribution < 1.29 is 9.21 Å². The van der Waals surface area contributed by atoms with Crippen molar-refractivity contribution in [3.8, 4) is 0 Å². The number of aryl methyl sites for hydroxylation is 2. The van der Waals surface area contributed by atoms with Crippen molar-refractivity contribution in [3.05, 3.63) is 29.0 Å². The average Bonchev–Trinajstić information content (AvgIpc) is 3.22. The van der Waals surface area contributed by atoms with Crippen LogP contribution in [0.1, 0.15) is 46.6 Å². The van der Waals surface area contributed by atoms with Crippen LogP contribution in [-0.2, 0) is 6.54 Å². The first-order chi connectivity index (χ1) is 11.6. The smallest absolute Gasteiger partial charge is 0.257 e. The molecule has 3 heterocycles. The van der Waals surface area contributed by atoms with E-state index in [1.54, 1.807) is 0 Å². The largest absolute Gasteiger partial charge is 0.466 e. The Kier molecular flexibility index (Phi) is 3.84. The number of hydrogen-bond acceptors (Lipinski definition) is 6. The summed E-state index contributed by atoms with van der Waals surface area (Å²) in [4.78, 5) is 16.8. The van der Waals surface area contributed by atoms with Crippen LogP contribution in [0, 0.1) is 13.8 Å². The molecule has 24 heavy (non-hydrogen) atoms. The second kappa shape index (κ2) is 6.01. The van der Waals surface area contributed by atoms with Gasteiger partial charge in [-0.2, -0.15) is 0 Å². The summed E-state index contributed by atoms with van der Waals surface area (Å²) in [5, 5.41) is 12.1. The second-order valence-electron chi connectivity index (χ2n) is 6.67. The van der Waals surface area contributed by atoms with E-state index < -0.39 is 0 Å². The molecule has 0 atom stereocenters. The second-order valence-corrected chi connectivity index (χ2v) is 6.67. The lowest BCUT2D eigenvalue weighted by Crippen LogP contribution is -2.48. The van der Waals surface area contributed by atoms with Gasteiger partial charge in [-0.1, -0.05) is 0 Å². The zero-order valence-corrected chi connectivity index (χ0v) is 14.1. The molecule has 1 saturated heterocycles. The Bertz CT molecular complexity index is 740. The van der Waals surface area contributed by atoms with E-state index in [0.717, 1.165) is 31.2 Å². The van der Waals surface area contributed by atoms with Gasteiger partial charge in [-0.15, -0.1) is 5.10 Å². The molecular weight excluding hydrogens is 308 g/mol. The summed E-state index contributed by atoms with van der Waals surface area (Å²) >= 11 is 0. The molecule has 2 fully saturated rings. The summed E-state index contributed by atoms with van der Waals surface area (Å²) < 4.78 is 7.43. The van der Waals surface area contributed by atoms with Gasteiger partial charge in [0, 0.05) is 26.2 Å². The standard InChI is InChI=1S/C16H22N6O2/c1-11-9-14(12(2)24-11)16(23)21-7-5-20(6-8-21)10-15-17-18-19-22(15)13-3-4-13/h9,13H,3-8,10H2,1-2H3. The number of rotatable bonds is 4. The van der Waals surface area contributed by atoms with Crippen molar-refractivity contribution in [2.45, 2.75) is 39.3 Å². The molecule has 1 saturated carbocycles. The Balaban J connectivity index is 1.35. The zero-order chi connectivity index (χ0) is 16.7. The molecule has 2 aromatic rings. The first-order valence-corrected chi connectivity index (χ1v) is 8.47. The molecule has 2 aromatic heterocycles. The Morgan fingerprint density at radius 3 is 2.62 bits per heavy atom. The summed E-state index contributed by atoms with van der Waals surface area (Å²) in [5.41, 5.74) is 0.679. The van der Waals surface area contributed by atoms with Crippen molar-refractivity contribution in [2.24, 2.45) is 0 Å². The predicted octanol–water partition coefficient (Wildman–Crippen LogP) is 1.18. The highest BCUT2D eigenvalue weighted by molar-refractivity contribution is 5.95. The summed E-state index contributed by atoms with van der Waals surface area (Å²) in [5.74, 6) is 2.47. The van der Waals surface area contributed by atoms with Gasteiger partial charge in [0.05, 0.1) is 18.2 Å². The maximum absolute atomic E-state index is 12.6. The zero-order valence-electron chi connectivity index (χ0n) is 14.1. The van der Waals surface area contributed by atoms with Gasteiger partial charge in [-0.25, -0.2) is 4.68 Å². The Morgan fingerprint density at radius 2 is 2.00 bits per heavy atom. The molecule has 0 radical (unpaired) electrons. The van der Waals surface area contributed by atoms with E-state index in [4.69, 9.17) is 4.42 Å². The molecule has 1 aliphatic heterocycles. The summed E-state index contributed by atoms with van der Waals surface area (Å²) in [7, 11) is 0. The summed E-state index contributed by atoms with van der Waals surface area (Å²) in [6.45, 7) is 7.55. The lowest BCUT2D eigenvalue weighted by molar-refractivity contribution is 0.0622. The first kappa shape index (κ1) is 15.3. The Morgan fingerprint density at radius 1 is 1.25 bits per heavy atom. The van der Waals surface area contributed by atoms with Gasteiger partial charge in [-0.05, 0) is 43.2 Å². The number of nitrogens with zero attached hydrogens (tertiary/aromatic N) is 6. The normalized spacial score (nSPS) is 19.0. The van der Waals surface area contributed by atoms with Gasteiger partial charge in [0.25, 0.3) is 5.91 Å². The number of carbonyl (C=O) groups excluding carboxylic acids is 1. The van der Waals surface area contributed by atoms with Gasteiger partial charge in [0.1, 0.15) is 11.5 Å². The molecule has 1 amide bonds. The van der Waals surface area contributed by atoms with E-state index in [1.165, 1.54) is 12.8 Å². The molecule has 0 N–H and O–H groups in total. The number of furan rings is 1. The van der Waals surface area contributed by atoms with Crippen LogP contribution in [0.25, 0.3) is 0 Å². The Hall–Kier alpha value is -2.22. The van der Waals surface area contributed by atoms with Crippen LogP contribution in [0.3, 0.4) is 0 Å². The summed E-state index contributed by atoms with van der Waals surface area (Å²) in [6, 6.07) is 2.32. The molecule has 2 aliphatic rings. The monoisotopic (exact) mass is 330 g/mol. The van der Waals surface area contributed by atoms with Gasteiger partial charge in [-0.3, -0.25) is 9.69 Å². The lowest BCUT2D eigenvalue weighted by Gasteiger charge is -2.34. The lowest BCUT2D eigenvalue weighted by atomic mass is 10.2. The maximum atomic E-state index is 12.6. The van der Waals surface area contributed by atoms with Gasteiger partial charge in [0.15, 0.2) is 5.82 Å². The molecular formula is C16H22N6O2. The van der Waals surface area contributed by atoms with Gasteiger partial charge >= 0.3 is 0 Å². The molecule has 0 unspecified atom stereocenters. The van der Waals surface area contributed by atoms with Gasteiger partial charge < -0.3 is 9.32 Å². The van der Waals surface area contributed by atoms with Crippen LogP contribution in [0.15, 0.2) is 10.5 Å². The van der Waals surface area contributed by atoms with E-state index >= 15 is 0 Å². The minimum absolute atomic E-state index is 0.0619. The van der Waals surface area contributed by atoms with Crippen molar-refractivity contribution >= 4 is 5.91 Å². The predicted molar refractivity (Wildman–Crippen MR) is 85.5 cm³/mol. The quantitative estimate of drug-likeness (QED) is 0.837. The van der Waals surface area contributed by atoms with Crippen LogP contribution in [0.2, 0.25) is 0 Å². The molecule has 0 bridgehead atoms. The minimum Gasteiger partial charge on any atom is -0.466 e. The van der Waals surface area contributed by atoms with E-state index in [9.17, 15) is 4.79 Å². The highest BCUT2D eigenvalue weighted by atomic mass is 16.3. The third-order valence-corrected chi connectivity index (χ3v) is 4.75. The van der Waals surface area contributed by atoms with Gasteiger partial charge in [0.2, 0.25) is 0 Å². The third-order valence-electron chi connectivity index (χ3n) is 4.75. The van der Waals surface area contributed by atoms with E-state index in [-0.39, 0.29) is 5.91 Å². The number of hydrogen-bond donors (Lipinski definition) is 0. The SMILES string of the molecule is Cc1cc(C(=O)N2CCN(Cc3nnnn3C3CC3)CC2)c(C)o1. The number of tetrazole rings is 1. The molecule has 8 heteroatoms. The van der Waals surface area contributed by atoms with E-state index in [0.29, 0.717) is 30.5 Å². The fraction of sp³-hybridized carbons (Fsp3) is 0.625. The van der Waals surface area contributed by atoms with Crippen molar-refractivity contribution in [1.82, 2.24) is 30.0 Å². The number of aromatic nitrogens is 4. The van der Waals surface area contributed by atoms with Crippen LogP contribution in [-0.4, -0.2) is 62.1 Å². The highest BCUT2D eigenvalue weighted by Gasteiger charge is 2.29. The number of amides is 1. The molecule has 128 valence electrons. The molecule has 1 aliphatic carbocycles. The molecule has 8 nitrogen and oxygen atoms in total. The molecule has 0 spiro atoms. The summed E-state index contributed by atoms with van der Waals surface area (Å²) in [6.07, 6.45) is 2.34. The Labute approximate surface area is 140 Å². The third kappa shape index (κ3) is 2.93. The van der Waals surface area contributed by atoms with Crippen LogP contribution < -0.4 is 0 Å². The highest BCUT2D eigenvalue weighted by Crippen LogP contribution is 2.34. The number of carbonyl (C=O) groups is 1. The van der Waals surface area contributed by atoms with E-state index in [1.807, 2.05) is 29.5 Å². The van der Waals surface area contributed by atoms with Crippen molar-refractivity contribution in [3.63, 3.8) is 0 Å². The minimum atomic E-state index is 0.0619. The topological polar surface area (TPSA) is 80.3 Å². The fourth-order valence-corrected chi connectivity index (χ4v) is 3.24. The van der Waals surface area contributed by atoms with Crippen molar-refractivity contribution in [1.29, 1.82) is 0 Å². The molecule has 0 aromatic carbocycles. The van der Waals surface area contributed by atoms with E-state index in [2.05, 4.69) is 20.4 Å². The molecule has 4 rings (SSSR count). The fourth-order valence-electron chi connectivity index (χ4n) is 3.24. The van der Waals surface area contributed by atoms with Crippen LogP contribution >= 0.6 is 0 Å². The average molecular weight is 330 g/mol. The van der Waals surface area contributed by atoms with Crippen LogP contribution in [0.5, 0.6) is 0 Å². The number of piperazine rings is 1. The van der Waals surface area contributed by atoms with Crippen LogP contribution in [0.4, 0.5) is 0 Å². The first-order valence-electron chi connectivity index (χ1n) is 8.47.